The lowest BCUT2D eigenvalue weighted by atomic mass is 9.83. The lowest BCUT2D eigenvalue weighted by Gasteiger charge is -2.44. The summed E-state index contributed by atoms with van der Waals surface area (Å²) in [7, 11) is 3.85. The maximum absolute atomic E-state index is 13.1. The van der Waals surface area contributed by atoms with Crippen molar-refractivity contribution in [3.63, 3.8) is 0 Å². The molecule has 0 atom stereocenters. The highest BCUT2D eigenvalue weighted by atomic mass is 16.5. The topological polar surface area (TPSA) is 96.9 Å². The second-order valence-corrected chi connectivity index (χ2v) is 8.37. The van der Waals surface area contributed by atoms with Crippen LogP contribution in [0.25, 0.3) is 0 Å². The molecule has 9 nitrogen and oxygen atoms in total. The number of ether oxygens (including phenoxy) is 2. The number of piperidine rings is 1. The summed E-state index contributed by atoms with van der Waals surface area (Å²) >= 11 is 0. The van der Waals surface area contributed by atoms with Crippen LogP contribution in [0.2, 0.25) is 0 Å². The molecule has 9 heteroatoms. The molecule has 3 aliphatic heterocycles. The fraction of sp³-hybridized carbons (Fsp3) is 0.455. The van der Waals surface area contributed by atoms with Crippen molar-refractivity contribution in [3.05, 3.63) is 41.2 Å². The molecule has 2 amide bonds. The Morgan fingerprint density at radius 2 is 2.06 bits per heavy atom. The highest BCUT2D eigenvalue weighted by molar-refractivity contribution is 5.99. The summed E-state index contributed by atoms with van der Waals surface area (Å²) in [6.07, 6.45) is 4.09. The summed E-state index contributed by atoms with van der Waals surface area (Å²) in [6.45, 7) is 1.76. The van der Waals surface area contributed by atoms with Gasteiger partial charge in [0, 0.05) is 38.9 Å². The Balaban J connectivity index is 1.34. The minimum absolute atomic E-state index is 0.0373. The molecule has 2 aromatic rings. The maximum atomic E-state index is 13.1. The average Bonchev–Trinajstić information content (AvgIpc) is 2.79. The first-order valence-electron chi connectivity index (χ1n) is 10.5. The lowest BCUT2D eigenvalue weighted by molar-refractivity contribution is -0.118. The van der Waals surface area contributed by atoms with Gasteiger partial charge >= 0.3 is 0 Å². The monoisotopic (exact) mass is 423 g/mol. The second-order valence-electron chi connectivity index (χ2n) is 8.37. The molecule has 1 fully saturated rings. The number of hydrogen-bond acceptors (Lipinski definition) is 7. The van der Waals surface area contributed by atoms with E-state index in [1.54, 1.807) is 18.2 Å². The molecule has 162 valence electrons. The lowest BCUT2D eigenvalue weighted by Crippen LogP contribution is -2.49. The van der Waals surface area contributed by atoms with Gasteiger partial charge in [-0.2, -0.15) is 0 Å². The van der Waals surface area contributed by atoms with Crippen LogP contribution in [0.1, 0.15) is 34.5 Å². The van der Waals surface area contributed by atoms with E-state index in [-0.39, 0.29) is 18.4 Å². The number of nitrogens with zero attached hydrogens (tertiary/aromatic N) is 4. The van der Waals surface area contributed by atoms with E-state index in [9.17, 15) is 9.59 Å². The summed E-state index contributed by atoms with van der Waals surface area (Å²) in [6, 6.07) is 5.14. The van der Waals surface area contributed by atoms with Crippen LogP contribution in [0.5, 0.6) is 5.75 Å². The Kier molecular flexibility index (Phi) is 4.77. The Bertz CT molecular complexity index is 1050. The van der Waals surface area contributed by atoms with Crippen molar-refractivity contribution >= 4 is 23.5 Å². The van der Waals surface area contributed by atoms with Crippen LogP contribution >= 0.6 is 0 Å². The number of anilines is 2. The van der Waals surface area contributed by atoms with E-state index >= 15 is 0 Å². The standard InChI is InChI=1S/C22H25N5O4/c1-26(2)21-23-12-15-5-10-31-22(19(15)25-21)6-8-27(9-7-22)20(29)14-3-4-16-17(11-14)30-13-18(28)24-16/h3-4,11-12H,5-10,13H2,1-2H3,(H,24,28). The molecule has 0 unspecified atom stereocenters. The molecule has 0 aliphatic carbocycles. The highest BCUT2D eigenvalue weighted by Gasteiger charge is 2.43. The molecule has 1 aromatic carbocycles. The van der Waals surface area contributed by atoms with Crippen LogP contribution in [0.3, 0.4) is 0 Å². The minimum atomic E-state index is -0.471. The molecule has 0 bridgehead atoms. The van der Waals surface area contributed by atoms with E-state index in [2.05, 4.69) is 10.3 Å². The summed E-state index contributed by atoms with van der Waals surface area (Å²) in [5, 5.41) is 2.75. The molecule has 31 heavy (non-hydrogen) atoms. The third-order valence-corrected chi connectivity index (χ3v) is 6.15. The molecule has 1 N–H and O–H groups in total. The molecule has 1 aromatic heterocycles. The summed E-state index contributed by atoms with van der Waals surface area (Å²) in [4.78, 5) is 37.6. The van der Waals surface area contributed by atoms with E-state index in [0.29, 0.717) is 55.5 Å². The van der Waals surface area contributed by atoms with E-state index < -0.39 is 5.60 Å². The van der Waals surface area contributed by atoms with Crippen molar-refractivity contribution in [1.82, 2.24) is 14.9 Å². The van der Waals surface area contributed by atoms with Crippen molar-refractivity contribution < 1.29 is 19.1 Å². The first-order chi connectivity index (χ1) is 14.9. The van der Waals surface area contributed by atoms with Gasteiger partial charge < -0.3 is 24.6 Å². The first kappa shape index (κ1) is 19.7. The zero-order valence-electron chi connectivity index (χ0n) is 17.7. The number of amides is 2. The van der Waals surface area contributed by atoms with Gasteiger partial charge in [0.05, 0.1) is 18.0 Å². The Morgan fingerprint density at radius 1 is 1.26 bits per heavy atom. The fourth-order valence-electron chi connectivity index (χ4n) is 4.46. The summed E-state index contributed by atoms with van der Waals surface area (Å²) in [5.41, 5.74) is 2.76. The fourth-order valence-corrected chi connectivity index (χ4v) is 4.46. The number of aromatic nitrogens is 2. The van der Waals surface area contributed by atoms with Gasteiger partial charge in [0.2, 0.25) is 5.95 Å². The summed E-state index contributed by atoms with van der Waals surface area (Å²) < 4.78 is 11.7. The zero-order valence-corrected chi connectivity index (χ0v) is 17.7. The minimum Gasteiger partial charge on any atom is -0.482 e. The number of likely N-dealkylation sites (tertiary alicyclic amines) is 1. The number of rotatable bonds is 2. The predicted molar refractivity (Wildman–Crippen MR) is 113 cm³/mol. The molecular weight excluding hydrogens is 398 g/mol. The number of hydrogen-bond donors (Lipinski definition) is 1. The molecule has 0 saturated carbocycles. The number of carbonyl (C=O) groups is 2. The Labute approximate surface area is 180 Å². The molecule has 4 heterocycles. The van der Waals surface area contributed by atoms with E-state index in [1.807, 2.05) is 30.1 Å². The van der Waals surface area contributed by atoms with E-state index in [4.69, 9.17) is 14.5 Å². The van der Waals surface area contributed by atoms with Crippen molar-refractivity contribution in [2.75, 3.05) is 50.6 Å². The van der Waals surface area contributed by atoms with Gasteiger partial charge in [-0.3, -0.25) is 9.59 Å². The number of benzene rings is 1. The van der Waals surface area contributed by atoms with Crippen LogP contribution in [-0.2, 0) is 21.6 Å². The largest absolute Gasteiger partial charge is 0.482 e. The van der Waals surface area contributed by atoms with Gasteiger partial charge in [-0.15, -0.1) is 0 Å². The van der Waals surface area contributed by atoms with Crippen molar-refractivity contribution in [2.24, 2.45) is 0 Å². The number of carbonyl (C=O) groups excluding carboxylic acids is 2. The Hall–Kier alpha value is -3.20. The predicted octanol–water partition coefficient (Wildman–Crippen LogP) is 1.58. The SMILES string of the molecule is CN(C)c1ncc2c(n1)C1(CCN(C(=O)c3ccc4c(c3)OCC(=O)N4)CC1)OCC2. The summed E-state index contributed by atoms with van der Waals surface area (Å²) in [5.74, 6) is 0.951. The molecule has 5 rings (SSSR count). The zero-order chi connectivity index (χ0) is 21.6. The molecule has 1 saturated heterocycles. The molecule has 3 aliphatic rings. The third kappa shape index (κ3) is 3.48. The smallest absolute Gasteiger partial charge is 0.262 e. The highest BCUT2D eigenvalue weighted by Crippen LogP contribution is 2.41. The van der Waals surface area contributed by atoms with E-state index in [0.717, 1.165) is 17.7 Å². The van der Waals surface area contributed by atoms with Gasteiger partial charge in [0.1, 0.15) is 11.4 Å². The average molecular weight is 423 g/mol. The normalized spacial score (nSPS) is 19.2. The van der Waals surface area contributed by atoms with Crippen molar-refractivity contribution in [3.8, 4) is 5.75 Å². The molecular formula is C22H25N5O4. The quantitative estimate of drug-likeness (QED) is 0.783. The second kappa shape index (κ2) is 7.49. The van der Waals surface area contributed by atoms with Crippen molar-refractivity contribution in [1.29, 1.82) is 0 Å². The molecule has 1 spiro atoms. The van der Waals surface area contributed by atoms with Crippen LogP contribution in [0, 0.1) is 0 Å². The Morgan fingerprint density at radius 3 is 2.84 bits per heavy atom. The number of nitrogens with one attached hydrogen (secondary N) is 1. The van der Waals surface area contributed by atoms with Gasteiger partial charge in [0.15, 0.2) is 6.61 Å². The van der Waals surface area contributed by atoms with Crippen LogP contribution in [0.15, 0.2) is 24.4 Å². The van der Waals surface area contributed by atoms with E-state index in [1.165, 1.54) is 0 Å². The van der Waals surface area contributed by atoms with Gasteiger partial charge in [-0.1, -0.05) is 0 Å². The van der Waals surface area contributed by atoms with Crippen LogP contribution in [-0.4, -0.2) is 67.1 Å². The number of fused-ring (bicyclic) bond motifs is 3. The van der Waals surface area contributed by atoms with Crippen LogP contribution in [0.4, 0.5) is 11.6 Å². The van der Waals surface area contributed by atoms with Crippen LogP contribution < -0.4 is 15.0 Å². The molecule has 0 radical (unpaired) electrons. The van der Waals surface area contributed by atoms with Gasteiger partial charge in [-0.25, -0.2) is 9.97 Å². The first-order valence-corrected chi connectivity index (χ1v) is 10.5. The van der Waals surface area contributed by atoms with Gasteiger partial charge in [-0.05, 0) is 43.0 Å². The third-order valence-electron chi connectivity index (χ3n) is 6.15. The van der Waals surface area contributed by atoms with Crippen molar-refractivity contribution in [2.45, 2.75) is 24.9 Å². The van der Waals surface area contributed by atoms with Gasteiger partial charge in [0.25, 0.3) is 11.8 Å². The maximum Gasteiger partial charge on any atom is 0.262 e.